The molecular formula is C17H22N2O5. The van der Waals surface area contributed by atoms with E-state index in [1.165, 1.54) is 19.1 Å². The first-order chi connectivity index (χ1) is 11.5. The highest BCUT2D eigenvalue weighted by Gasteiger charge is 2.43. The summed E-state index contributed by atoms with van der Waals surface area (Å²) in [6.45, 7) is 1.25. The molecule has 24 heavy (non-hydrogen) atoms. The van der Waals surface area contributed by atoms with Gasteiger partial charge in [-0.2, -0.15) is 0 Å². The molecule has 0 spiro atoms. The van der Waals surface area contributed by atoms with E-state index in [1.807, 2.05) is 4.90 Å². The highest BCUT2D eigenvalue weighted by atomic mass is 16.5. The Labute approximate surface area is 140 Å². The highest BCUT2D eigenvalue weighted by Crippen LogP contribution is 2.33. The Morgan fingerprint density at radius 3 is 2.17 bits per heavy atom. The fourth-order valence-electron chi connectivity index (χ4n) is 3.29. The van der Waals surface area contributed by atoms with Crippen molar-refractivity contribution >= 4 is 17.5 Å². The molecule has 0 bridgehead atoms. The first kappa shape index (κ1) is 16.7. The molecule has 2 aliphatic rings. The summed E-state index contributed by atoms with van der Waals surface area (Å²) >= 11 is 0. The molecule has 1 N–H and O–H groups in total. The van der Waals surface area contributed by atoms with E-state index in [9.17, 15) is 14.7 Å². The van der Waals surface area contributed by atoms with Crippen LogP contribution in [0.15, 0.2) is 18.2 Å². The number of carbonyl (C=O) groups excluding carboxylic acids is 2. The Kier molecular flexibility index (Phi) is 4.73. The summed E-state index contributed by atoms with van der Waals surface area (Å²) in [5.74, 6) is 0.585. The molecule has 1 aromatic rings. The largest absolute Gasteiger partial charge is 0.497 e. The molecule has 1 aromatic carbocycles. The number of aliphatic hydroxyl groups excluding tert-OH is 1. The third-order valence-electron chi connectivity index (χ3n) is 4.66. The standard InChI is InChI=1S/C17H22N2O5/c1-23-13-7-11(8-14(9-13)24-2)19-16(21)10-15(17(19)22)18-5-3-12(20)4-6-18/h7-9,12,15,20H,3-6,10H2,1-2H3. The number of hydrogen-bond donors (Lipinski definition) is 1. The average Bonchev–Trinajstić information content (AvgIpc) is 2.89. The lowest BCUT2D eigenvalue weighted by atomic mass is 10.1. The predicted octanol–water partition coefficient (Wildman–Crippen LogP) is 0.792. The van der Waals surface area contributed by atoms with E-state index in [2.05, 4.69) is 0 Å². The lowest BCUT2D eigenvalue weighted by Crippen LogP contribution is -2.46. The number of likely N-dealkylation sites (tertiary alicyclic amines) is 1. The van der Waals surface area contributed by atoms with E-state index in [1.54, 1.807) is 18.2 Å². The van der Waals surface area contributed by atoms with Gasteiger partial charge in [-0.3, -0.25) is 14.5 Å². The number of anilines is 1. The van der Waals surface area contributed by atoms with Gasteiger partial charge in [0.2, 0.25) is 5.91 Å². The Hall–Kier alpha value is -2.12. The van der Waals surface area contributed by atoms with Gasteiger partial charge in [0.15, 0.2) is 0 Å². The van der Waals surface area contributed by atoms with Crippen LogP contribution in [0.25, 0.3) is 0 Å². The van der Waals surface area contributed by atoms with Crippen LogP contribution in [0.5, 0.6) is 11.5 Å². The molecule has 130 valence electrons. The van der Waals surface area contributed by atoms with E-state index >= 15 is 0 Å². The number of amides is 2. The summed E-state index contributed by atoms with van der Waals surface area (Å²) in [5.41, 5.74) is 0.459. The maximum atomic E-state index is 12.8. The Balaban J connectivity index is 1.84. The predicted molar refractivity (Wildman–Crippen MR) is 87.3 cm³/mol. The molecule has 3 rings (SSSR count). The van der Waals surface area contributed by atoms with Crippen LogP contribution in [0.4, 0.5) is 5.69 Å². The first-order valence-corrected chi connectivity index (χ1v) is 8.05. The minimum absolute atomic E-state index is 0.161. The summed E-state index contributed by atoms with van der Waals surface area (Å²) in [6.07, 6.45) is 1.11. The van der Waals surface area contributed by atoms with E-state index < -0.39 is 6.04 Å². The molecule has 2 aliphatic heterocycles. The molecule has 2 fully saturated rings. The number of benzene rings is 1. The second-order valence-corrected chi connectivity index (χ2v) is 6.13. The third-order valence-corrected chi connectivity index (χ3v) is 4.66. The maximum absolute atomic E-state index is 12.8. The van der Waals surface area contributed by atoms with Gasteiger partial charge in [-0.25, -0.2) is 4.90 Å². The van der Waals surface area contributed by atoms with Gasteiger partial charge in [0.05, 0.1) is 38.5 Å². The minimum atomic E-state index is -0.456. The average molecular weight is 334 g/mol. The van der Waals surface area contributed by atoms with Crippen molar-refractivity contribution in [2.45, 2.75) is 31.4 Å². The smallest absolute Gasteiger partial charge is 0.251 e. The Morgan fingerprint density at radius 2 is 1.62 bits per heavy atom. The lowest BCUT2D eigenvalue weighted by Gasteiger charge is -2.32. The molecule has 7 nitrogen and oxygen atoms in total. The minimum Gasteiger partial charge on any atom is -0.497 e. The number of rotatable bonds is 4. The quantitative estimate of drug-likeness (QED) is 0.820. The molecule has 2 amide bonds. The van der Waals surface area contributed by atoms with Crippen LogP contribution in [0, 0.1) is 0 Å². The fraction of sp³-hybridized carbons (Fsp3) is 0.529. The highest BCUT2D eigenvalue weighted by molar-refractivity contribution is 6.22. The molecule has 2 saturated heterocycles. The first-order valence-electron chi connectivity index (χ1n) is 8.05. The van der Waals surface area contributed by atoms with Gasteiger partial charge < -0.3 is 14.6 Å². The number of ether oxygens (including phenoxy) is 2. The van der Waals surface area contributed by atoms with Gasteiger partial charge in [-0.05, 0) is 12.8 Å². The van der Waals surface area contributed by atoms with Crippen LogP contribution in [-0.4, -0.2) is 61.3 Å². The normalized spacial score (nSPS) is 23.0. The van der Waals surface area contributed by atoms with Crippen molar-refractivity contribution in [1.82, 2.24) is 4.90 Å². The van der Waals surface area contributed by atoms with Crippen LogP contribution in [0.3, 0.4) is 0 Å². The molecule has 0 aromatic heterocycles. The molecular weight excluding hydrogens is 312 g/mol. The number of piperidine rings is 1. The maximum Gasteiger partial charge on any atom is 0.251 e. The number of imide groups is 1. The Morgan fingerprint density at radius 1 is 1.04 bits per heavy atom. The summed E-state index contributed by atoms with van der Waals surface area (Å²) in [5, 5.41) is 9.62. The van der Waals surface area contributed by atoms with Crippen molar-refractivity contribution in [3.63, 3.8) is 0 Å². The Bertz CT molecular complexity index is 618. The number of hydrogen-bond acceptors (Lipinski definition) is 6. The topological polar surface area (TPSA) is 79.3 Å². The molecule has 7 heteroatoms. The second-order valence-electron chi connectivity index (χ2n) is 6.13. The van der Waals surface area contributed by atoms with Crippen molar-refractivity contribution < 1.29 is 24.2 Å². The van der Waals surface area contributed by atoms with Gasteiger partial charge in [0.1, 0.15) is 11.5 Å². The fourth-order valence-corrected chi connectivity index (χ4v) is 3.29. The number of methoxy groups -OCH3 is 2. The van der Waals surface area contributed by atoms with Crippen LogP contribution >= 0.6 is 0 Å². The van der Waals surface area contributed by atoms with Crippen LogP contribution in [0.1, 0.15) is 19.3 Å². The van der Waals surface area contributed by atoms with Gasteiger partial charge in [-0.1, -0.05) is 0 Å². The number of aliphatic hydroxyl groups is 1. The zero-order valence-corrected chi connectivity index (χ0v) is 13.9. The zero-order valence-electron chi connectivity index (χ0n) is 13.9. The van der Waals surface area contributed by atoms with E-state index in [0.29, 0.717) is 43.1 Å². The molecule has 0 aliphatic carbocycles. The summed E-state index contributed by atoms with van der Waals surface area (Å²) < 4.78 is 10.4. The molecule has 1 atom stereocenters. The van der Waals surface area contributed by atoms with E-state index in [-0.39, 0.29) is 24.3 Å². The molecule has 2 heterocycles. The van der Waals surface area contributed by atoms with E-state index in [4.69, 9.17) is 9.47 Å². The lowest BCUT2D eigenvalue weighted by molar-refractivity contribution is -0.123. The molecule has 0 saturated carbocycles. The SMILES string of the molecule is COc1cc(OC)cc(N2C(=O)CC(N3CCC(O)CC3)C2=O)c1. The van der Waals surface area contributed by atoms with Crippen LogP contribution < -0.4 is 14.4 Å². The number of nitrogens with zero attached hydrogens (tertiary/aromatic N) is 2. The van der Waals surface area contributed by atoms with Crippen molar-refractivity contribution in [3.05, 3.63) is 18.2 Å². The van der Waals surface area contributed by atoms with Crippen LogP contribution in [0.2, 0.25) is 0 Å². The molecule has 0 radical (unpaired) electrons. The third kappa shape index (κ3) is 3.09. The summed E-state index contributed by atoms with van der Waals surface area (Å²) in [7, 11) is 3.04. The molecule has 1 unspecified atom stereocenters. The van der Waals surface area contributed by atoms with Gasteiger partial charge in [-0.15, -0.1) is 0 Å². The zero-order chi connectivity index (χ0) is 17.3. The van der Waals surface area contributed by atoms with Crippen molar-refractivity contribution in [2.24, 2.45) is 0 Å². The van der Waals surface area contributed by atoms with Gasteiger partial charge >= 0.3 is 0 Å². The van der Waals surface area contributed by atoms with Gasteiger partial charge in [0, 0.05) is 31.3 Å². The van der Waals surface area contributed by atoms with Crippen molar-refractivity contribution in [3.8, 4) is 11.5 Å². The van der Waals surface area contributed by atoms with Gasteiger partial charge in [0.25, 0.3) is 5.91 Å². The summed E-state index contributed by atoms with van der Waals surface area (Å²) in [4.78, 5) is 28.5. The summed E-state index contributed by atoms with van der Waals surface area (Å²) in [6, 6.07) is 4.54. The monoisotopic (exact) mass is 334 g/mol. The van der Waals surface area contributed by atoms with E-state index in [0.717, 1.165) is 0 Å². The van der Waals surface area contributed by atoms with Crippen LogP contribution in [-0.2, 0) is 9.59 Å². The van der Waals surface area contributed by atoms with Crippen molar-refractivity contribution in [1.29, 1.82) is 0 Å². The van der Waals surface area contributed by atoms with Crippen molar-refractivity contribution in [2.75, 3.05) is 32.2 Å². The number of carbonyl (C=O) groups is 2. The second kappa shape index (κ2) is 6.78.